The quantitative estimate of drug-likeness (QED) is 0.726. The van der Waals surface area contributed by atoms with E-state index in [-0.39, 0.29) is 5.54 Å². The minimum Gasteiger partial charge on any atom is -0.324 e. The molecule has 0 amide bonds. The Labute approximate surface area is 88.6 Å². The molecule has 1 fully saturated rings. The van der Waals surface area contributed by atoms with Crippen molar-refractivity contribution in [2.75, 3.05) is 13.1 Å². The Hall–Kier alpha value is -0.0800. The summed E-state index contributed by atoms with van der Waals surface area (Å²) in [5, 5.41) is 3.49. The van der Waals surface area contributed by atoms with Crippen molar-refractivity contribution < 1.29 is 0 Å². The van der Waals surface area contributed by atoms with E-state index in [4.69, 9.17) is 5.73 Å². The predicted molar refractivity (Wildman–Crippen MR) is 62.3 cm³/mol. The zero-order valence-electron chi connectivity index (χ0n) is 9.97. The van der Waals surface area contributed by atoms with E-state index in [1.807, 2.05) is 0 Å². The van der Waals surface area contributed by atoms with Gasteiger partial charge >= 0.3 is 0 Å². The maximum atomic E-state index is 6.37. The second kappa shape index (κ2) is 5.13. The average Bonchev–Trinajstić information content (AvgIpc) is 2.01. The summed E-state index contributed by atoms with van der Waals surface area (Å²) >= 11 is 0. The van der Waals surface area contributed by atoms with Crippen LogP contribution in [0, 0.1) is 11.8 Å². The van der Waals surface area contributed by atoms with E-state index >= 15 is 0 Å². The summed E-state index contributed by atoms with van der Waals surface area (Å²) in [6.45, 7) is 8.88. The maximum Gasteiger partial charge on any atom is 0.0283 e. The molecule has 0 bridgehead atoms. The van der Waals surface area contributed by atoms with Crippen molar-refractivity contribution in [3.05, 3.63) is 0 Å². The van der Waals surface area contributed by atoms with E-state index in [0.717, 1.165) is 24.9 Å². The molecule has 2 heteroatoms. The third-order valence-electron chi connectivity index (χ3n) is 3.16. The SMILES string of the molecule is CC(C)CNCC1(N)CCCC(C)C1. The minimum atomic E-state index is 0.0759. The molecule has 2 nitrogen and oxygen atoms in total. The molecular weight excluding hydrogens is 172 g/mol. The highest BCUT2D eigenvalue weighted by Gasteiger charge is 2.30. The van der Waals surface area contributed by atoms with Crippen LogP contribution in [0.5, 0.6) is 0 Å². The zero-order chi connectivity index (χ0) is 10.6. The summed E-state index contributed by atoms with van der Waals surface area (Å²) in [7, 11) is 0. The lowest BCUT2D eigenvalue weighted by molar-refractivity contribution is 0.228. The summed E-state index contributed by atoms with van der Waals surface area (Å²) in [6.07, 6.45) is 5.06. The number of hydrogen-bond donors (Lipinski definition) is 2. The Morgan fingerprint density at radius 2 is 2.21 bits per heavy atom. The van der Waals surface area contributed by atoms with Crippen molar-refractivity contribution >= 4 is 0 Å². The van der Waals surface area contributed by atoms with E-state index in [2.05, 4.69) is 26.1 Å². The fourth-order valence-electron chi connectivity index (χ4n) is 2.47. The van der Waals surface area contributed by atoms with Gasteiger partial charge in [-0.3, -0.25) is 0 Å². The van der Waals surface area contributed by atoms with Crippen LogP contribution in [0.1, 0.15) is 46.5 Å². The van der Waals surface area contributed by atoms with Crippen LogP contribution in [0.4, 0.5) is 0 Å². The molecule has 2 atom stereocenters. The molecule has 3 N–H and O–H groups in total. The van der Waals surface area contributed by atoms with E-state index in [1.54, 1.807) is 0 Å². The zero-order valence-corrected chi connectivity index (χ0v) is 9.97. The Morgan fingerprint density at radius 3 is 2.79 bits per heavy atom. The van der Waals surface area contributed by atoms with Gasteiger partial charge in [-0.15, -0.1) is 0 Å². The topological polar surface area (TPSA) is 38.0 Å². The predicted octanol–water partition coefficient (Wildman–Crippen LogP) is 2.14. The number of hydrogen-bond acceptors (Lipinski definition) is 2. The fourth-order valence-corrected chi connectivity index (χ4v) is 2.47. The molecule has 84 valence electrons. The molecule has 1 rings (SSSR count). The van der Waals surface area contributed by atoms with Crippen molar-refractivity contribution in [1.82, 2.24) is 5.32 Å². The van der Waals surface area contributed by atoms with Crippen molar-refractivity contribution in [2.45, 2.75) is 52.0 Å². The Bertz CT molecular complexity index is 168. The highest BCUT2D eigenvalue weighted by molar-refractivity contribution is 4.91. The van der Waals surface area contributed by atoms with Gasteiger partial charge in [-0.05, 0) is 31.2 Å². The third-order valence-corrected chi connectivity index (χ3v) is 3.16. The average molecular weight is 198 g/mol. The van der Waals surface area contributed by atoms with Crippen LogP contribution >= 0.6 is 0 Å². The van der Waals surface area contributed by atoms with Crippen molar-refractivity contribution in [3.8, 4) is 0 Å². The summed E-state index contributed by atoms with van der Waals surface area (Å²) in [6, 6.07) is 0. The molecule has 0 heterocycles. The monoisotopic (exact) mass is 198 g/mol. The smallest absolute Gasteiger partial charge is 0.0283 e. The maximum absolute atomic E-state index is 6.37. The molecule has 0 radical (unpaired) electrons. The third kappa shape index (κ3) is 3.97. The largest absolute Gasteiger partial charge is 0.324 e. The summed E-state index contributed by atoms with van der Waals surface area (Å²) in [5.41, 5.74) is 6.45. The molecule has 0 aromatic heterocycles. The van der Waals surface area contributed by atoms with Gasteiger partial charge in [0.2, 0.25) is 0 Å². The van der Waals surface area contributed by atoms with Crippen molar-refractivity contribution in [3.63, 3.8) is 0 Å². The highest BCUT2D eigenvalue weighted by atomic mass is 14.9. The summed E-state index contributed by atoms with van der Waals surface area (Å²) in [5.74, 6) is 1.54. The van der Waals surface area contributed by atoms with Crippen LogP contribution in [0.15, 0.2) is 0 Å². The standard InChI is InChI=1S/C12H26N2/c1-10(2)8-14-9-12(13)6-4-5-11(3)7-12/h10-11,14H,4-9,13H2,1-3H3. The van der Waals surface area contributed by atoms with Gasteiger partial charge in [0.15, 0.2) is 0 Å². The second-order valence-corrected chi connectivity index (χ2v) is 5.59. The van der Waals surface area contributed by atoms with E-state index in [9.17, 15) is 0 Å². The molecular formula is C12H26N2. The highest BCUT2D eigenvalue weighted by Crippen LogP contribution is 2.29. The van der Waals surface area contributed by atoms with Crippen LogP contribution in [0.2, 0.25) is 0 Å². The molecule has 0 aromatic rings. The van der Waals surface area contributed by atoms with E-state index in [0.29, 0.717) is 0 Å². The van der Waals surface area contributed by atoms with Gasteiger partial charge in [-0.25, -0.2) is 0 Å². The lowest BCUT2D eigenvalue weighted by atomic mass is 9.77. The van der Waals surface area contributed by atoms with Gasteiger partial charge in [0.05, 0.1) is 0 Å². The normalized spacial score (nSPS) is 33.6. The first kappa shape index (κ1) is 12.0. The molecule has 2 unspecified atom stereocenters. The van der Waals surface area contributed by atoms with Gasteiger partial charge in [-0.2, -0.15) is 0 Å². The molecule has 14 heavy (non-hydrogen) atoms. The summed E-state index contributed by atoms with van der Waals surface area (Å²) in [4.78, 5) is 0. The Kier molecular flexibility index (Phi) is 4.39. The van der Waals surface area contributed by atoms with Crippen LogP contribution in [-0.4, -0.2) is 18.6 Å². The van der Waals surface area contributed by atoms with Crippen LogP contribution in [0.25, 0.3) is 0 Å². The first-order chi connectivity index (χ1) is 6.52. The number of nitrogens with one attached hydrogen (secondary N) is 1. The minimum absolute atomic E-state index is 0.0759. The van der Waals surface area contributed by atoms with Gasteiger partial charge in [0.25, 0.3) is 0 Å². The molecule has 1 saturated carbocycles. The second-order valence-electron chi connectivity index (χ2n) is 5.59. The Balaban J connectivity index is 2.26. The number of rotatable bonds is 4. The van der Waals surface area contributed by atoms with Crippen molar-refractivity contribution in [1.29, 1.82) is 0 Å². The molecule has 0 saturated heterocycles. The molecule has 0 aromatic carbocycles. The summed E-state index contributed by atoms with van der Waals surface area (Å²) < 4.78 is 0. The van der Waals surface area contributed by atoms with Gasteiger partial charge in [0, 0.05) is 12.1 Å². The van der Waals surface area contributed by atoms with Crippen LogP contribution < -0.4 is 11.1 Å². The van der Waals surface area contributed by atoms with Gasteiger partial charge in [-0.1, -0.05) is 33.6 Å². The first-order valence-electron chi connectivity index (χ1n) is 6.01. The molecule has 0 aliphatic heterocycles. The van der Waals surface area contributed by atoms with Gasteiger partial charge in [0.1, 0.15) is 0 Å². The molecule has 1 aliphatic rings. The van der Waals surface area contributed by atoms with E-state index in [1.165, 1.54) is 25.7 Å². The van der Waals surface area contributed by atoms with Crippen molar-refractivity contribution in [2.24, 2.45) is 17.6 Å². The first-order valence-corrected chi connectivity index (χ1v) is 6.01. The van der Waals surface area contributed by atoms with Crippen LogP contribution in [0.3, 0.4) is 0 Å². The van der Waals surface area contributed by atoms with E-state index < -0.39 is 0 Å². The lowest BCUT2D eigenvalue weighted by Gasteiger charge is -2.37. The fraction of sp³-hybridized carbons (Fsp3) is 1.00. The molecule has 0 spiro atoms. The number of nitrogens with two attached hydrogens (primary N) is 1. The van der Waals surface area contributed by atoms with Crippen LogP contribution in [-0.2, 0) is 0 Å². The lowest BCUT2D eigenvalue weighted by Crippen LogP contribution is -2.52. The molecule has 1 aliphatic carbocycles. The van der Waals surface area contributed by atoms with Gasteiger partial charge < -0.3 is 11.1 Å². The Morgan fingerprint density at radius 1 is 1.50 bits per heavy atom.